The average molecular weight is 615 g/mol. The fourth-order valence-electron chi connectivity index (χ4n) is 5.39. The lowest BCUT2D eigenvalue weighted by Gasteiger charge is -2.23. The molecular weight excluding hydrogens is 556 g/mol. The maximum absolute atomic E-state index is 13.7. The summed E-state index contributed by atoms with van der Waals surface area (Å²) < 4.78 is 7.19. The van der Waals surface area contributed by atoms with Crippen molar-refractivity contribution in [3.8, 4) is 0 Å². The topological polar surface area (TPSA) is 51.5 Å². The summed E-state index contributed by atoms with van der Waals surface area (Å²) in [6.07, 6.45) is 16.1. The van der Waals surface area contributed by atoms with E-state index in [2.05, 4.69) is 94.4 Å². The lowest BCUT2D eigenvalue weighted by molar-refractivity contribution is -0.143. The summed E-state index contributed by atoms with van der Waals surface area (Å²) >= 11 is 0. The van der Waals surface area contributed by atoms with Gasteiger partial charge in [0.2, 0.25) is 0 Å². The molecule has 5 heteroatoms. The second-order valence-electron chi connectivity index (χ2n) is 12.6. The summed E-state index contributed by atoms with van der Waals surface area (Å²) in [7, 11) is 2.01. The van der Waals surface area contributed by atoms with E-state index >= 15 is 0 Å². The van der Waals surface area contributed by atoms with Crippen molar-refractivity contribution in [3.63, 3.8) is 0 Å². The van der Waals surface area contributed by atoms with E-state index in [0.29, 0.717) is 25.0 Å². The summed E-state index contributed by atoms with van der Waals surface area (Å²) in [5.41, 5.74) is 10.2. The number of carbonyl (C=O) groups excluding carboxylic acids is 2. The predicted molar refractivity (Wildman–Crippen MR) is 191 cm³/mol. The molecule has 0 aliphatic rings. The van der Waals surface area contributed by atoms with Crippen molar-refractivity contribution in [1.82, 2.24) is 4.57 Å². The standard InChI is InChI=1S/C40H58N2O3/c1-10-38-37(29-36(41(38)9)19-14-20-39(43)45-11-2)40(44)34-21-23-35(24-22-34)42(27-25-32(7)17-12-15-30(3)4)28-26-33(8)18-13-16-31(5)6/h15-16,21-26,29H,10-14,17-20,27-28H2,1-9H3/b32-25+,33-26+. The number of ether oxygens (including phenoxy) is 1. The Kier molecular flexibility index (Phi) is 16.5. The van der Waals surface area contributed by atoms with Gasteiger partial charge in [0.25, 0.3) is 0 Å². The molecule has 5 nitrogen and oxygen atoms in total. The third kappa shape index (κ3) is 13.1. The van der Waals surface area contributed by atoms with E-state index in [1.807, 2.05) is 32.2 Å². The van der Waals surface area contributed by atoms with Crippen molar-refractivity contribution >= 4 is 17.4 Å². The molecular formula is C40H58N2O3. The van der Waals surface area contributed by atoms with E-state index in [1.54, 1.807) is 0 Å². The second-order valence-corrected chi connectivity index (χ2v) is 12.6. The lowest BCUT2D eigenvalue weighted by Crippen LogP contribution is -2.24. The molecule has 0 atom stereocenters. The maximum Gasteiger partial charge on any atom is 0.305 e. The predicted octanol–water partition coefficient (Wildman–Crippen LogP) is 9.90. The van der Waals surface area contributed by atoms with Crippen molar-refractivity contribution in [2.75, 3.05) is 24.6 Å². The van der Waals surface area contributed by atoms with Crippen LogP contribution in [0.2, 0.25) is 0 Å². The first kappa shape index (κ1) is 37.6. The highest BCUT2D eigenvalue weighted by Crippen LogP contribution is 2.24. The van der Waals surface area contributed by atoms with Gasteiger partial charge in [0.15, 0.2) is 5.78 Å². The molecule has 0 radical (unpaired) electrons. The van der Waals surface area contributed by atoms with Gasteiger partial charge in [-0.2, -0.15) is 0 Å². The summed E-state index contributed by atoms with van der Waals surface area (Å²) in [6.45, 7) is 19.0. The van der Waals surface area contributed by atoms with E-state index < -0.39 is 0 Å². The number of aromatic nitrogens is 1. The molecule has 0 N–H and O–H groups in total. The van der Waals surface area contributed by atoms with Gasteiger partial charge in [-0.15, -0.1) is 0 Å². The van der Waals surface area contributed by atoms with Gasteiger partial charge < -0.3 is 14.2 Å². The highest BCUT2D eigenvalue weighted by Gasteiger charge is 2.19. The van der Waals surface area contributed by atoms with Gasteiger partial charge in [-0.3, -0.25) is 9.59 Å². The van der Waals surface area contributed by atoms with Crippen LogP contribution in [0.25, 0.3) is 0 Å². The Morgan fingerprint density at radius 1 is 0.800 bits per heavy atom. The van der Waals surface area contributed by atoms with E-state index in [4.69, 9.17) is 4.74 Å². The molecule has 0 unspecified atom stereocenters. The molecule has 1 aromatic carbocycles. The maximum atomic E-state index is 13.7. The number of allylic oxidation sites excluding steroid dienone is 6. The molecule has 0 aliphatic heterocycles. The van der Waals surface area contributed by atoms with Crippen LogP contribution < -0.4 is 4.90 Å². The highest BCUT2D eigenvalue weighted by molar-refractivity contribution is 6.10. The lowest BCUT2D eigenvalue weighted by atomic mass is 10.0. The Morgan fingerprint density at radius 3 is 1.84 bits per heavy atom. The summed E-state index contributed by atoms with van der Waals surface area (Å²) in [6, 6.07) is 10.1. The fourth-order valence-corrected chi connectivity index (χ4v) is 5.39. The van der Waals surface area contributed by atoms with Crippen LogP contribution >= 0.6 is 0 Å². The van der Waals surface area contributed by atoms with Crippen molar-refractivity contribution < 1.29 is 14.3 Å². The molecule has 0 aliphatic carbocycles. The smallest absolute Gasteiger partial charge is 0.305 e. The Hall–Kier alpha value is -3.60. The zero-order chi connectivity index (χ0) is 33.4. The quantitative estimate of drug-likeness (QED) is 0.0898. The normalized spacial score (nSPS) is 11.8. The van der Waals surface area contributed by atoms with Crippen molar-refractivity contribution in [2.24, 2.45) is 7.05 Å². The van der Waals surface area contributed by atoms with Crippen LogP contribution in [0.15, 0.2) is 76.9 Å². The fraction of sp³-hybridized carbons (Fsp3) is 0.500. The van der Waals surface area contributed by atoms with Gasteiger partial charge >= 0.3 is 5.97 Å². The van der Waals surface area contributed by atoms with E-state index in [-0.39, 0.29) is 11.8 Å². The van der Waals surface area contributed by atoms with Crippen molar-refractivity contribution in [3.05, 3.63) is 99.4 Å². The molecule has 2 rings (SSSR count). The Balaban J connectivity index is 2.25. The minimum absolute atomic E-state index is 0.0437. The Morgan fingerprint density at radius 2 is 1.36 bits per heavy atom. The molecule has 0 saturated heterocycles. The Labute approximate surface area is 273 Å². The first-order chi connectivity index (χ1) is 21.5. The van der Waals surface area contributed by atoms with Gasteiger partial charge in [0.1, 0.15) is 0 Å². The number of rotatable bonds is 19. The number of ketones is 1. The average Bonchev–Trinajstić information content (AvgIpc) is 3.31. The third-order valence-electron chi connectivity index (χ3n) is 8.15. The van der Waals surface area contributed by atoms with E-state index in [1.165, 1.54) is 22.3 Å². The largest absolute Gasteiger partial charge is 0.466 e. The van der Waals surface area contributed by atoms with Crippen LogP contribution in [0.5, 0.6) is 0 Å². The van der Waals surface area contributed by atoms with Gasteiger partial charge in [0.05, 0.1) is 6.61 Å². The number of esters is 1. The van der Waals surface area contributed by atoms with Crippen LogP contribution in [0.3, 0.4) is 0 Å². The van der Waals surface area contributed by atoms with E-state index in [9.17, 15) is 9.59 Å². The number of carbonyl (C=O) groups is 2. The number of anilines is 1. The molecule has 1 heterocycles. The summed E-state index contributed by atoms with van der Waals surface area (Å²) in [5.74, 6) is -0.126. The van der Waals surface area contributed by atoms with Crippen LogP contribution in [-0.4, -0.2) is 36.0 Å². The first-order valence-corrected chi connectivity index (χ1v) is 16.8. The van der Waals surface area contributed by atoms with Gasteiger partial charge in [-0.25, -0.2) is 0 Å². The van der Waals surface area contributed by atoms with Crippen molar-refractivity contribution in [1.29, 1.82) is 0 Å². The molecule has 246 valence electrons. The second kappa shape index (κ2) is 19.7. The van der Waals surface area contributed by atoms with Crippen LogP contribution in [0.1, 0.15) is 121 Å². The molecule has 0 saturated carbocycles. The summed E-state index contributed by atoms with van der Waals surface area (Å²) in [4.78, 5) is 27.9. The molecule has 0 amide bonds. The number of nitrogens with zero attached hydrogens (tertiary/aromatic N) is 2. The third-order valence-corrected chi connectivity index (χ3v) is 8.15. The van der Waals surface area contributed by atoms with Crippen LogP contribution in [-0.2, 0) is 29.4 Å². The molecule has 0 spiro atoms. The van der Waals surface area contributed by atoms with Crippen LogP contribution in [0.4, 0.5) is 5.69 Å². The molecule has 0 bridgehead atoms. The van der Waals surface area contributed by atoms with E-state index in [0.717, 1.165) is 74.3 Å². The van der Waals surface area contributed by atoms with Crippen molar-refractivity contribution in [2.45, 2.75) is 107 Å². The summed E-state index contributed by atoms with van der Waals surface area (Å²) in [5, 5.41) is 0. The number of aryl methyl sites for hydroxylation is 1. The molecule has 1 aromatic heterocycles. The molecule has 45 heavy (non-hydrogen) atoms. The minimum Gasteiger partial charge on any atom is -0.466 e. The van der Waals surface area contributed by atoms with Gasteiger partial charge in [0, 0.05) is 54.8 Å². The SMILES string of the molecule is CCOC(=O)CCCc1cc(C(=O)c2ccc(N(C/C=C(\C)CCC=C(C)C)C/C=C(\C)CCC=C(C)C)cc2)c(CC)n1C. The minimum atomic E-state index is -0.170. The van der Waals surface area contributed by atoms with Gasteiger partial charge in [-0.1, -0.05) is 53.5 Å². The monoisotopic (exact) mass is 614 g/mol. The van der Waals surface area contributed by atoms with Crippen LogP contribution in [0, 0.1) is 0 Å². The number of hydrogen-bond acceptors (Lipinski definition) is 4. The number of hydrogen-bond donors (Lipinski definition) is 0. The molecule has 2 aromatic rings. The highest BCUT2D eigenvalue weighted by atomic mass is 16.5. The van der Waals surface area contributed by atoms with Gasteiger partial charge in [-0.05, 0) is 124 Å². The zero-order valence-electron chi connectivity index (χ0n) is 29.6. The first-order valence-electron chi connectivity index (χ1n) is 16.8. The number of benzene rings is 1. The zero-order valence-corrected chi connectivity index (χ0v) is 29.6. The Bertz CT molecular complexity index is 1320. The molecule has 0 fully saturated rings.